The number of hydrogen-bond acceptors (Lipinski definition) is 10. The Morgan fingerprint density at radius 3 is 2.61 bits per heavy atom. The van der Waals surface area contributed by atoms with Gasteiger partial charge in [0.1, 0.15) is 18.2 Å². The lowest BCUT2D eigenvalue weighted by atomic mass is 9.84. The second-order valence-corrected chi connectivity index (χ2v) is 16.7. The first-order valence-electron chi connectivity index (χ1n) is 19.2. The fraction of sp³-hybridized carbons (Fsp3) is 0.537. The van der Waals surface area contributed by atoms with Crippen LogP contribution in [0.25, 0.3) is 33.4 Å². The van der Waals surface area contributed by atoms with Crippen LogP contribution in [0.3, 0.4) is 0 Å². The number of amides is 2. The molecule has 7 rings (SSSR count). The predicted octanol–water partition coefficient (Wildman–Crippen LogP) is 6.58. The number of hydrazine groups is 1. The van der Waals surface area contributed by atoms with Crippen LogP contribution in [0.5, 0.6) is 0 Å². The van der Waals surface area contributed by atoms with E-state index in [0.717, 1.165) is 62.6 Å². The summed E-state index contributed by atoms with van der Waals surface area (Å²) < 4.78 is 20.0. The second kappa shape index (κ2) is 22.6. The molecule has 2 amide bonds. The number of nitrogens with zero attached hydrogens (tertiary/aromatic N) is 4. The number of pyridine rings is 1. The number of thiazole rings is 1. The molecule has 2 saturated heterocycles. The molecule has 59 heavy (non-hydrogen) atoms. The number of hydrogen-bond donors (Lipinski definition) is 2. The number of benzene rings is 1. The molecule has 4 aromatic rings. The van der Waals surface area contributed by atoms with E-state index in [4.69, 9.17) is 24.2 Å². The van der Waals surface area contributed by atoms with Crippen molar-refractivity contribution in [1.29, 1.82) is 0 Å². The maximum atomic E-state index is 14.2. The highest BCUT2D eigenvalue weighted by atomic mass is 32.1. The number of esters is 1. The molecule has 3 aliphatic heterocycles. The monoisotopic (exact) mass is 926 g/mol. The third kappa shape index (κ3) is 11.5. The van der Waals surface area contributed by atoms with Crippen molar-refractivity contribution in [3.63, 3.8) is 0 Å². The number of methoxy groups -OCH3 is 1. The van der Waals surface area contributed by atoms with E-state index in [1.54, 1.807) is 13.3 Å². The number of ether oxygens (including phenoxy) is 3. The van der Waals surface area contributed by atoms with Gasteiger partial charge in [-0.25, -0.2) is 10.4 Å². The summed E-state index contributed by atoms with van der Waals surface area (Å²) in [5.74, 6) is -0.681. The van der Waals surface area contributed by atoms with E-state index in [9.17, 15) is 14.4 Å². The first-order valence-corrected chi connectivity index (χ1v) is 20.1. The van der Waals surface area contributed by atoms with Gasteiger partial charge in [-0.2, -0.15) is 67.5 Å². The normalized spacial score (nSPS) is 22.1. The molecule has 6 bridgehead atoms. The van der Waals surface area contributed by atoms with Crippen molar-refractivity contribution in [3.8, 4) is 22.5 Å². The molecule has 0 radical (unpaired) electrons. The summed E-state index contributed by atoms with van der Waals surface area (Å²) in [6, 6.07) is 8.92. The smallest absolute Gasteiger partial charge is 0.324 e. The predicted molar refractivity (Wildman–Crippen MR) is 259 cm³/mol. The Morgan fingerprint density at radius 1 is 1.14 bits per heavy atom. The average Bonchev–Trinajstić information content (AvgIpc) is 3.77. The number of aryl methyl sites for hydroxylation is 1. The first kappa shape index (κ1) is 52.7. The largest absolute Gasteiger partial charge is 0.464 e. The zero-order chi connectivity index (χ0) is 38.1. The van der Waals surface area contributed by atoms with E-state index < -0.39 is 29.6 Å². The Hall–Kier alpha value is -2.42. The number of carbonyl (C=O) groups is 3. The maximum absolute atomic E-state index is 14.2. The molecule has 1 aromatic carbocycles. The van der Waals surface area contributed by atoms with Crippen LogP contribution in [0.2, 0.25) is 0 Å². The maximum Gasteiger partial charge on any atom is 0.324 e. The Balaban J connectivity index is 0.00000240. The number of nitrogens with one attached hydrogen (secondary N) is 2. The van der Waals surface area contributed by atoms with Gasteiger partial charge in [-0.05, 0) is 81.7 Å². The van der Waals surface area contributed by atoms with Gasteiger partial charge in [0.05, 0.1) is 34.8 Å². The molecule has 0 spiro atoms. The van der Waals surface area contributed by atoms with Gasteiger partial charge >= 0.3 is 5.97 Å². The number of aromatic nitrogens is 3. The fourth-order valence-electron chi connectivity index (χ4n) is 7.97. The Morgan fingerprint density at radius 2 is 1.90 bits per heavy atom. The van der Waals surface area contributed by atoms with Gasteiger partial charge in [0.2, 0.25) is 5.91 Å². The fourth-order valence-corrected chi connectivity index (χ4v) is 8.82. The molecule has 0 saturated carbocycles. The lowest BCUT2D eigenvalue weighted by molar-refractivity contribution is -0.156. The molecule has 2 fully saturated rings. The third-order valence-electron chi connectivity index (χ3n) is 11.0. The van der Waals surface area contributed by atoms with Gasteiger partial charge in [0.25, 0.3) is 5.91 Å². The molecule has 18 heteroatoms. The standard InChI is InChI=1S/C41H52N6O6S.5H2S/c1-7-46-33-13-12-26-19-28(33)29(37(46)27-10-8-15-42-36(27)25(3)51-6)21-41(4,5)23-53-40(50)30-11-9-16-47(45-30)39(49)31(20-35-43-32(26)22-54-35)44-38(48)34-18-24(2)14-17-52-34;;;;;/h8,10,12-13,15,19,22,24-25,30-31,34,45H,7,9,11,14,16-18,20-21,23H2,1-6H3,(H,44,48);5*1H2/t24-,25-,30-,31-,34-;;;;;/m0...../s1. The van der Waals surface area contributed by atoms with Crippen LogP contribution in [-0.4, -0.2) is 82.4 Å². The van der Waals surface area contributed by atoms with Crippen molar-refractivity contribution in [2.45, 2.75) is 104 Å². The Kier molecular flexibility index (Phi) is 20.2. The molecule has 328 valence electrons. The summed E-state index contributed by atoms with van der Waals surface area (Å²) in [7, 11) is 1.70. The van der Waals surface area contributed by atoms with E-state index in [1.807, 2.05) is 18.4 Å². The molecule has 3 aliphatic rings. The Labute approximate surface area is 386 Å². The topological polar surface area (TPSA) is 137 Å². The molecule has 0 aliphatic carbocycles. The van der Waals surface area contributed by atoms with Gasteiger partial charge in [-0.3, -0.25) is 24.4 Å². The zero-order valence-corrected chi connectivity index (χ0v) is 40.5. The van der Waals surface area contributed by atoms with E-state index >= 15 is 0 Å². The van der Waals surface area contributed by atoms with Crippen molar-refractivity contribution >= 4 is 108 Å². The molecular weight excluding hydrogens is 865 g/mol. The summed E-state index contributed by atoms with van der Waals surface area (Å²) in [6.45, 7) is 12.3. The molecular formula is C41H62N6O6S6. The van der Waals surface area contributed by atoms with Gasteiger partial charge < -0.3 is 24.1 Å². The quantitative estimate of drug-likeness (QED) is 0.206. The molecule has 5 atom stereocenters. The van der Waals surface area contributed by atoms with E-state index in [0.29, 0.717) is 44.8 Å². The molecule has 6 heterocycles. The zero-order valence-electron chi connectivity index (χ0n) is 34.6. The van der Waals surface area contributed by atoms with Crippen LogP contribution in [0, 0.1) is 11.3 Å². The second-order valence-electron chi connectivity index (χ2n) is 15.8. The van der Waals surface area contributed by atoms with Crippen LogP contribution < -0.4 is 10.7 Å². The minimum absolute atomic E-state index is 0. The highest BCUT2D eigenvalue weighted by Gasteiger charge is 2.37. The van der Waals surface area contributed by atoms with Crippen LogP contribution in [-0.2, 0) is 48.0 Å². The van der Waals surface area contributed by atoms with Crippen LogP contribution >= 0.6 is 78.8 Å². The van der Waals surface area contributed by atoms with Crippen LogP contribution in [0.4, 0.5) is 0 Å². The molecule has 12 nitrogen and oxygen atoms in total. The minimum atomic E-state index is -0.907. The number of cyclic esters (lactones) is 1. The van der Waals surface area contributed by atoms with Crippen molar-refractivity contribution in [3.05, 3.63) is 58.2 Å². The van der Waals surface area contributed by atoms with Crippen molar-refractivity contribution in [2.75, 3.05) is 26.9 Å². The van der Waals surface area contributed by atoms with Gasteiger partial charge in [0.15, 0.2) is 0 Å². The van der Waals surface area contributed by atoms with E-state index in [2.05, 4.69) is 67.3 Å². The lowest BCUT2D eigenvalue weighted by Gasteiger charge is -2.36. The van der Waals surface area contributed by atoms with Gasteiger partial charge in [-0.1, -0.05) is 26.8 Å². The highest BCUT2D eigenvalue weighted by molar-refractivity contribution is 7.60. The van der Waals surface area contributed by atoms with Gasteiger partial charge in [-0.15, -0.1) is 11.3 Å². The number of carbonyl (C=O) groups excluding carboxylic acids is 3. The van der Waals surface area contributed by atoms with Crippen molar-refractivity contribution in [2.24, 2.45) is 11.3 Å². The third-order valence-corrected chi connectivity index (χ3v) is 11.9. The number of fused-ring (bicyclic) bond motifs is 6. The van der Waals surface area contributed by atoms with Crippen LogP contribution in [0.15, 0.2) is 41.9 Å². The first-order chi connectivity index (χ1) is 26.0. The minimum Gasteiger partial charge on any atom is -0.464 e. The van der Waals surface area contributed by atoms with E-state index in [-0.39, 0.29) is 98.4 Å². The van der Waals surface area contributed by atoms with Gasteiger partial charge in [0, 0.05) is 72.2 Å². The number of rotatable bonds is 6. The average molecular weight is 927 g/mol. The molecule has 0 unspecified atom stereocenters. The summed E-state index contributed by atoms with van der Waals surface area (Å²) in [5, 5.41) is 8.31. The molecule has 3 aromatic heterocycles. The van der Waals surface area contributed by atoms with Crippen molar-refractivity contribution < 1.29 is 28.6 Å². The lowest BCUT2D eigenvalue weighted by Crippen LogP contribution is -2.61. The SMILES string of the molecule is CCn1c(-c2cccnc2[C@H](C)OC)c2c3cc(ccc31)-c1csc(n1)C[C@H](NC(=O)[C@@H]1C[C@@H](C)CCO1)C(=O)N1CCC[C@H](N1)C(=O)OCC(C)(C)C2.S.S.S.S.S. The van der Waals surface area contributed by atoms with E-state index in [1.165, 1.54) is 16.3 Å². The van der Waals surface area contributed by atoms with Crippen LogP contribution in [0.1, 0.15) is 82.7 Å². The highest BCUT2D eigenvalue weighted by Crippen LogP contribution is 2.42. The van der Waals surface area contributed by atoms with Crippen molar-refractivity contribution in [1.82, 2.24) is 30.3 Å². The summed E-state index contributed by atoms with van der Waals surface area (Å²) >= 11 is 1.47. The summed E-state index contributed by atoms with van der Waals surface area (Å²) in [4.78, 5) is 51.2. The Bertz CT molecular complexity index is 2040. The summed E-state index contributed by atoms with van der Waals surface area (Å²) in [6.07, 6.45) is 4.41. The summed E-state index contributed by atoms with van der Waals surface area (Å²) in [5.41, 5.74) is 9.60. The molecule has 2 N–H and O–H groups in total.